The number of hydrogen-bond donors (Lipinski definition) is 2. The molecule has 0 saturated carbocycles. The lowest BCUT2D eigenvalue weighted by Gasteiger charge is -2.17. The van der Waals surface area contributed by atoms with E-state index >= 15 is 0 Å². The van der Waals surface area contributed by atoms with E-state index < -0.39 is 6.10 Å². The summed E-state index contributed by atoms with van der Waals surface area (Å²) in [6, 6.07) is 5.06. The van der Waals surface area contributed by atoms with Gasteiger partial charge in [0.2, 0.25) is 0 Å². The molecule has 0 aliphatic rings. The summed E-state index contributed by atoms with van der Waals surface area (Å²) in [5, 5.41) is 2.70. The van der Waals surface area contributed by atoms with Crippen molar-refractivity contribution in [3.05, 3.63) is 23.8 Å². The maximum Gasteiger partial charge on any atom is 0.260 e. The minimum absolute atomic E-state index is 0.229. The van der Waals surface area contributed by atoms with Gasteiger partial charge in [-0.25, -0.2) is 0 Å². The molecule has 0 aliphatic heterocycles. The minimum atomic E-state index is -0.661. The van der Waals surface area contributed by atoms with E-state index in [2.05, 4.69) is 5.32 Å². The quantitative estimate of drug-likeness (QED) is 0.547. The Balaban J connectivity index is 2.73. The van der Waals surface area contributed by atoms with Gasteiger partial charge >= 0.3 is 0 Å². The fourth-order valence-electron chi connectivity index (χ4n) is 1.58. The summed E-state index contributed by atoms with van der Waals surface area (Å²) in [5.74, 6) is 0.691. The number of methoxy groups -OCH3 is 2. The number of thiocarbonyl (C=S) groups is 1. The standard InChI is InChI=1S/C14H20N2O4S/c1-9(14(17)16-6-7-18-2)20-11-5-4-10(13(15)21)8-12(11)19-3/h4-5,8-9H,6-7H2,1-3H3,(H2,15,21)(H,16,17). The van der Waals surface area contributed by atoms with Gasteiger partial charge in [-0.05, 0) is 25.1 Å². The highest BCUT2D eigenvalue weighted by Gasteiger charge is 2.17. The average molecular weight is 312 g/mol. The van der Waals surface area contributed by atoms with Gasteiger partial charge in [0.05, 0.1) is 13.7 Å². The van der Waals surface area contributed by atoms with Gasteiger partial charge < -0.3 is 25.3 Å². The molecule has 116 valence electrons. The molecule has 0 heterocycles. The smallest absolute Gasteiger partial charge is 0.260 e. The van der Waals surface area contributed by atoms with Crippen molar-refractivity contribution >= 4 is 23.1 Å². The van der Waals surface area contributed by atoms with E-state index in [-0.39, 0.29) is 10.9 Å². The molecule has 0 saturated heterocycles. The van der Waals surface area contributed by atoms with Crippen molar-refractivity contribution in [2.75, 3.05) is 27.4 Å². The van der Waals surface area contributed by atoms with Crippen molar-refractivity contribution < 1.29 is 19.0 Å². The first-order valence-corrected chi connectivity index (χ1v) is 6.81. The molecule has 1 rings (SSSR count). The van der Waals surface area contributed by atoms with Gasteiger partial charge in [0, 0.05) is 19.2 Å². The molecule has 0 spiro atoms. The van der Waals surface area contributed by atoms with Crippen molar-refractivity contribution in [1.29, 1.82) is 0 Å². The fourth-order valence-corrected chi connectivity index (χ4v) is 1.71. The largest absolute Gasteiger partial charge is 0.493 e. The predicted molar refractivity (Wildman–Crippen MR) is 83.9 cm³/mol. The van der Waals surface area contributed by atoms with Crippen molar-refractivity contribution in [2.45, 2.75) is 13.0 Å². The molecule has 1 unspecified atom stereocenters. The SMILES string of the molecule is COCCNC(=O)C(C)Oc1ccc(C(N)=S)cc1OC. The summed E-state index contributed by atoms with van der Waals surface area (Å²) in [6.07, 6.45) is -0.661. The maximum atomic E-state index is 11.8. The van der Waals surface area contributed by atoms with E-state index in [0.717, 1.165) is 0 Å². The number of carbonyl (C=O) groups is 1. The summed E-state index contributed by atoms with van der Waals surface area (Å²) in [5.41, 5.74) is 6.24. The molecule has 21 heavy (non-hydrogen) atoms. The summed E-state index contributed by atoms with van der Waals surface area (Å²) < 4.78 is 15.7. The maximum absolute atomic E-state index is 11.8. The van der Waals surface area contributed by atoms with Crippen LogP contribution < -0.4 is 20.5 Å². The van der Waals surface area contributed by atoms with Crippen LogP contribution in [0.1, 0.15) is 12.5 Å². The summed E-state index contributed by atoms with van der Waals surface area (Å²) in [4.78, 5) is 12.1. The summed E-state index contributed by atoms with van der Waals surface area (Å²) in [7, 11) is 3.08. The van der Waals surface area contributed by atoms with Gasteiger partial charge in [-0.2, -0.15) is 0 Å². The number of rotatable bonds is 8. The Morgan fingerprint density at radius 1 is 1.38 bits per heavy atom. The van der Waals surface area contributed by atoms with Crippen LogP contribution in [-0.4, -0.2) is 44.4 Å². The van der Waals surface area contributed by atoms with Crippen LogP contribution in [0.5, 0.6) is 11.5 Å². The van der Waals surface area contributed by atoms with Crippen molar-refractivity contribution in [3.8, 4) is 11.5 Å². The highest BCUT2D eigenvalue weighted by Crippen LogP contribution is 2.29. The second-order valence-corrected chi connectivity index (χ2v) is 4.71. The van der Waals surface area contributed by atoms with E-state index in [1.807, 2.05) is 0 Å². The molecule has 0 aliphatic carbocycles. The van der Waals surface area contributed by atoms with Crippen LogP contribution >= 0.6 is 12.2 Å². The zero-order valence-electron chi connectivity index (χ0n) is 12.3. The van der Waals surface area contributed by atoms with Gasteiger partial charge in [0.1, 0.15) is 4.99 Å². The lowest BCUT2D eigenvalue weighted by atomic mass is 10.2. The zero-order valence-corrected chi connectivity index (χ0v) is 13.2. The van der Waals surface area contributed by atoms with Crippen LogP contribution in [0, 0.1) is 0 Å². The van der Waals surface area contributed by atoms with Crippen LogP contribution in [0.2, 0.25) is 0 Å². The van der Waals surface area contributed by atoms with Crippen LogP contribution in [0.15, 0.2) is 18.2 Å². The first-order valence-electron chi connectivity index (χ1n) is 6.40. The van der Waals surface area contributed by atoms with Crippen LogP contribution in [0.25, 0.3) is 0 Å². The molecule has 0 fully saturated rings. The normalized spacial score (nSPS) is 11.6. The predicted octanol–water partition coefficient (Wildman–Crippen LogP) is 0.859. The molecular formula is C14H20N2O4S. The highest BCUT2D eigenvalue weighted by molar-refractivity contribution is 7.80. The number of amides is 1. The third kappa shape index (κ3) is 5.20. The molecule has 1 atom stereocenters. The Kier molecular flexibility index (Phi) is 6.90. The molecule has 1 aromatic rings. The lowest BCUT2D eigenvalue weighted by Crippen LogP contribution is -2.38. The van der Waals surface area contributed by atoms with E-state index in [4.69, 9.17) is 32.2 Å². The first kappa shape index (κ1) is 17.2. The third-order valence-electron chi connectivity index (χ3n) is 2.73. The first-order chi connectivity index (χ1) is 9.99. The van der Waals surface area contributed by atoms with Crippen molar-refractivity contribution in [3.63, 3.8) is 0 Å². The molecule has 1 amide bonds. The number of hydrogen-bond acceptors (Lipinski definition) is 5. The van der Waals surface area contributed by atoms with Gasteiger partial charge in [-0.3, -0.25) is 4.79 Å². The van der Waals surface area contributed by atoms with Crippen LogP contribution in [0.3, 0.4) is 0 Å². The van der Waals surface area contributed by atoms with E-state index in [9.17, 15) is 4.79 Å². The van der Waals surface area contributed by atoms with Gasteiger partial charge in [-0.15, -0.1) is 0 Å². The van der Waals surface area contributed by atoms with E-state index in [1.165, 1.54) is 7.11 Å². The lowest BCUT2D eigenvalue weighted by molar-refractivity contribution is -0.127. The molecule has 0 bridgehead atoms. The number of benzene rings is 1. The third-order valence-corrected chi connectivity index (χ3v) is 2.96. The second-order valence-electron chi connectivity index (χ2n) is 4.27. The van der Waals surface area contributed by atoms with Crippen molar-refractivity contribution in [1.82, 2.24) is 5.32 Å². The molecule has 3 N–H and O–H groups in total. The van der Waals surface area contributed by atoms with Gasteiger partial charge in [0.25, 0.3) is 5.91 Å². The van der Waals surface area contributed by atoms with Crippen molar-refractivity contribution in [2.24, 2.45) is 5.73 Å². The topological polar surface area (TPSA) is 82.8 Å². The molecular weight excluding hydrogens is 292 g/mol. The number of ether oxygens (including phenoxy) is 3. The molecule has 1 aromatic carbocycles. The Hall–Kier alpha value is -1.86. The van der Waals surface area contributed by atoms with Crippen LogP contribution in [0.4, 0.5) is 0 Å². The Bertz CT molecular complexity index is 508. The molecule has 7 heteroatoms. The molecule has 6 nitrogen and oxygen atoms in total. The summed E-state index contributed by atoms with van der Waals surface area (Å²) >= 11 is 4.91. The zero-order chi connectivity index (χ0) is 15.8. The number of carbonyl (C=O) groups excluding carboxylic acids is 1. The Morgan fingerprint density at radius 3 is 2.67 bits per heavy atom. The summed E-state index contributed by atoms with van der Waals surface area (Å²) in [6.45, 7) is 2.54. The van der Waals surface area contributed by atoms with Gasteiger partial charge in [-0.1, -0.05) is 12.2 Å². The van der Waals surface area contributed by atoms with Gasteiger partial charge in [0.15, 0.2) is 17.6 Å². The fraction of sp³-hybridized carbons (Fsp3) is 0.429. The highest BCUT2D eigenvalue weighted by atomic mass is 32.1. The van der Waals surface area contributed by atoms with E-state index in [1.54, 1.807) is 32.2 Å². The number of nitrogens with two attached hydrogens (primary N) is 1. The number of nitrogens with one attached hydrogen (secondary N) is 1. The Morgan fingerprint density at radius 2 is 2.10 bits per heavy atom. The molecule has 0 aromatic heterocycles. The van der Waals surface area contributed by atoms with Crippen LogP contribution in [-0.2, 0) is 9.53 Å². The Labute approximate surface area is 129 Å². The van der Waals surface area contributed by atoms with E-state index in [0.29, 0.717) is 30.2 Å². The second kappa shape index (κ2) is 8.43. The average Bonchev–Trinajstić information content (AvgIpc) is 2.47. The minimum Gasteiger partial charge on any atom is -0.493 e. The monoisotopic (exact) mass is 312 g/mol. The molecule has 0 radical (unpaired) electrons.